The van der Waals surface area contributed by atoms with Gasteiger partial charge in [0.1, 0.15) is 6.61 Å². The van der Waals surface area contributed by atoms with Gasteiger partial charge in [-0.15, -0.1) is 0 Å². The smallest absolute Gasteiger partial charge is 0.254 e. The van der Waals surface area contributed by atoms with Gasteiger partial charge < -0.3 is 19.3 Å². The fraction of sp³-hybridized carbons (Fsp3) is 0.280. The predicted octanol–water partition coefficient (Wildman–Crippen LogP) is 3.77. The number of carbonyl (C=O) groups is 1. The second kappa shape index (κ2) is 10.1. The van der Waals surface area contributed by atoms with Crippen molar-refractivity contribution in [3.05, 3.63) is 89.6 Å². The second-order valence-electron chi connectivity index (χ2n) is 7.58. The van der Waals surface area contributed by atoms with Crippen LogP contribution in [0.15, 0.2) is 72.9 Å². The molecular weight excluding hydrogens is 390 g/mol. The molecule has 0 N–H and O–H groups in total. The third kappa shape index (κ3) is 5.61. The number of anilines is 1. The van der Waals surface area contributed by atoms with Crippen molar-refractivity contribution in [3.63, 3.8) is 0 Å². The monoisotopic (exact) mass is 417 g/mol. The molecule has 1 aliphatic heterocycles. The highest BCUT2D eigenvalue weighted by molar-refractivity contribution is 5.94. The molecule has 0 bridgehead atoms. The van der Waals surface area contributed by atoms with Crippen molar-refractivity contribution in [2.24, 2.45) is 0 Å². The Hall–Kier alpha value is -3.38. The van der Waals surface area contributed by atoms with Crippen LogP contribution in [-0.4, -0.2) is 49.1 Å². The zero-order valence-electron chi connectivity index (χ0n) is 17.7. The van der Waals surface area contributed by atoms with Gasteiger partial charge in [0.05, 0.1) is 13.2 Å². The fourth-order valence-electron chi connectivity index (χ4n) is 3.55. The fourth-order valence-corrected chi connectivity index (χ4v) is 3.55. The molecule has 6 nitrogen and oxygen atoms in total. The van der Waals surface area contributed by atoms with Gasteiger partial charge in [0.2, 0.25) is 5.88 Å². The molecule has 0 saturated carbocycles. The molecule has 1 aliphatic rings. The Morgan fingerprint density at radius 2 is 1.77 bits per heavy atom. The average molecular weight is 418 g/mol. The lowest BCUT2D eigenvalue weighted by molar-refractivity contribution is 0.0784. The summed E-state index contributed by atoms with van der Waals surface area (Å²) in [4.78, 5) is 21.2. The maximum Gasteiger partial charge on any atom is 0.254 e. The van der Waals surface area contributed by atoms with E-state index in [0.717, 1.165) is 37.4 Å². The molecule has 0 unspecified atom stereocenters. The maximum absolute atomic E-state index is 12.9. The molecule has 3 aromatic rings. The summed E-state index contributed by atoms with van der Waals surface area (Å²) < 4.78 is 11.2. The highest BCUT2D eigenvalue weighted by Crippen LogP contribution is 2.19. The molecule has 1 saturated heterocycles. The highest BCUT2D eigenvalue weighted by Gasteiger charge is 2.15. The number of nitrogens with zero attached hydrogens (tertiary/aromatic N) is 3. The van der Waals surface area contributed by atoms with E-state index in [1.165, 1.54) is 5.69 Å². The van der Waals surface area contributed by atoms with Crippen molar-refractivity contribution >= 4 is 11.6 Å². The predicted molar refractivity (Wildman–Crippen MR) is 120 cm³/mol. The number of ether oxygens (including phenoxy) is 2. The summed E-state index contributed by atoms with van der Waals surface area (Å²) >= 11 is 0. The van der Waals surface area contributed by atoms with Crippen molar-refractivity contribution in [3.8, 4) is 5.88 Å². The van der Waals surface area contributed by atoms with Crippen molar-refractivity contribution in [2.75, 3.05) is 38.3 Å². The number of carbonyl (C=O) groups excluding carboxylic acids is 1. The lowest BCUT2D eigenvalue weighted by Gasteiger charge is -2.29. The van der Waals surface area contributed by atoms with Crippen molar-refractivity contribution in [1.29, 1.82) is 0 Å². The number of amides is 1. The standard InChI is InChI=1S/C25H27N3O3/c1-27(18-20-7-9-23(10-8-20)28-13-15-30-16-14-28)25(29)22-11-12-26-24(17-22)31-19-21-5-3-2-4-6-21/h2-12,17H,13-16,18-19H2,1H3. The van der Waals surface area contributed by atoms with Crippen LogP contribution in [0.25, 0.3) is 0 Å². The Balaban J connectivity index is 1.35. The summed E-state index contributed by atoms with van der Waals surface area (Å²) in [6.45, 7) is 4.30. The minimum absolute atomic E-state index is 0.0655. The SMILES string of the molecule is CN(Cc1ccc(N2CCOCC2)cc1)C(=O)c1ccnc(OCc2ccccc2)c1. The molecule has 31 heavy (non-hydrogen) atoms. The van der Waals surface area contributed by atoms with Gasteiger partial charge in [-0.25, -0.2) is 4.98 Å². The zero-order valence-corrected chi connectivity index (χ0v) is 17.7. The van der Waals surface area contributed by atoms with Gasteiger partial charge >= 0.3 is 0 Å². The number of hydrogen-bond acceptors (Lipinski definition) is 5. The Labute approximate surface area is 183 Å². The van der Waals surface area contributed by atoms with E-state index < -0.39 is 0 Å². The number of pyridine rings is 1. The van der Waals surface area contributed by atoms with E-state index in [9.17, 15) is 4.79 Å². The van der Waals surface area contributed by atoms with Crippen LogP contribution in [0.4, 0.5) is 5.69 Å². The van der Waals surface area contributed by atoms with Crippen LogP contribution in [0.2, 0.25) is 0 Å². The Bertz CT molecular complexity index is 986. The molecular formula is C25H27N3O3. The Morgan fingerprint density at radius 3 is 2.52 bits per heavy atom. The van der Waals surface area contributed by atoms with Crippen molar-refractivity contribution in [1.82, 2.24) is 9.88 Å². The van der Waals surface area contributed by atoms with Crippen LogP contribution in [0.3, 0.4) is 0 Å². The summed E-state index contributed by atoms with van der Waals surface area (Å²) in [6, 6.07) is 21.7. The highest BCUT2D eigenvalue weighted by atomic mass is 16.5. The van der Waals surface area contributed by atoms with Gasteiger partial charge in [0.25, 0.3) is 5.91 Å². The quantitative estimate of drug-likeness (QED) is 0.586. The lowest BCUT2D eigenvalue weighted by Crippen LogP contribution is -2.36. The first-order valence-electron chi connectivity index (χ1n) is 10.5. The summed E-state index contributed by atoms with van der Waals surface area (Å²) in [6.07, 6.45) is 1.61. The molecule has 160 valence electrons. The van der Waals surface area contributed by atoms with Gasteiger partial charge in [-0.2, -0.15) is 0 Å². The first-order chi connectivity index (χ1) is 15.2. The van der Waals surface area contributed by atoms with E-state index >= 15 is 0 Å². The number of benzene rings is 2. The topological polar surface area (TPSA) is 54.9 Å². The summed E-state index contributed by atoms with van der Waals surface area (Å²) in [5, 5.41) is 0. The second-order valence-corrected chi connectivity index (χ2v) is 7.58. The van der Waals surface area contributed by atoms with E-state index in [0.29, 0.717) is 24.6 Å². The molecule has 0 aliphatic carbocycles. The minimum Gasteiger partial charge on any atom is -0.473 e. The summed E-state index contributed by atoms with van der Waals surface area (Å²) in [5.74, 6) is 0.377. The van der Waals surface area contributed by atoms with E-state index in [2.05, 4.69) is 34.1 Å². The molecule has 0 spiro atoms. The van der Waals surface area contributed by atoms with Crippen molar-refractivity contribution in [2.45, 2.75) is 13.2 Å². The number of aromatic nitrogens is 1. The molecule has 1 aromatic heterocycles. The van der Waals surface area contributed by atoms with Crippen molar-refractivity contribution < 1.29 is 14.3 Å². The van der Waals surface area contributed by atoms with Crippen LogP contribution in [0.1, 0.15) is 21.5 Å². The first-order valence-corrected chi connectivity index (χ1v) is 10.5. The summed E-state index contributed by atoms with van der Waals surface area (Å²) in [5.41, 5.74) is 3.89. The summed E-state index contributed by atoms with van der Waals surface area (Å²) in [7, 11) is 1.81. The van der Waals surface area contributed by atoms with Gasteiger partial charge in [-0.1, -0.05) is 42.5 Å². The molecule has 6 heteroatoms. The van der Waals surface area contributed by atoms with Crippen LogP contribution in [0, 0.1) is 0 Å². The van der Waals surface area contributed by atoms with Gasteiger partial charge in [0.15, 0.2) is 0 Å². The lowest BCUT2D eigenvalue weighted by atomic mass is 10.1. The molecule has 2 heterocycles. The molecule has 0 radical (unpaired) electrons. The maximum atomic E-state index is 12.9. The van der Waals surface area contributed by atoms with Gasteiger partial charge in [-0.05, 0) is 29.3 Å². The van der Waals surface area contributed by atoms with E-state index in [-0.39, 0.29) is 5.91 Å². The Morgan fingerprint density at radius 1 is 1.03 bits per heavy atom. The van der Waals surface area contributed by atoms with E-state index in [4.69, 9.17) is 9.47 Å². The first kappa shape index (κ1) is 20.9. The molecule has 1 amide bonds. The largest absolute Gasteiger partial charge is 0.473 e. The molecule has 4 rings (SSSR count). The van der Waals surface area contributed by atoms with Gasteiger partial charge in [0, 0.05) is 50.2 Å². The minimum atomic E-state index is -0.0655. The zero-order chi connectivity index (χ0) is 21.5. The molecule has 1 fully saturated rings. The Kier molecular flexibility index (Phi) is 6.79. The van der Waals surface area contributed by atoms with Gasteiger partial charge in [-0.3, -0.25) is 4.79 Å². The number of hydrogen-bond donors (Lipinski definition) is 0. The van der Waals surface area contributed by atoms with Crippen LogP contribution in [0.5, 0.6) is 5.88 Å². The van der Waals surface area contributed by atoms with E-state index in [1.807, 2.05) is 37.4 Å². The third-order valence-electron chi connectivity index (χ3n) is 5.29. The third-order valence-corrected chi connectivity index (χ3v) is 5.29. The average Bonchev–Trinajstić information content (AvgIpc) is 2.84. The van der Waals surface area contributed by atoms with E-state index in [1.54, 1.807) is 23.2 Å². The molecule has 2 aromatic carbocycles. The number of rotatable bonds is 7. The molecule has 0 atom stereocenters. The van der Waals surface area contributed by atoms with Crippen LogP contribution < -0.4 is 9.64 Å². The number of morpholine rings is 1. The van der Waals surface area contributed by atoms with Crippen LogP contribution >= 0.6 is 0 Å². The van der Waals surface area contributed by atoms with Crippen LogP contribution in [-0.2, 0) is 17.9 Å². The normalized spacial score (nSPS) is 13.6.